The van der Waals surface area contributed by atoms with E-state index in [0.717, 1.165) is 66.2 Å². The average Bonchev–Trinajstić information content (AvgIpc) is 3.43. The molecule has 32 heavy (non-hydrogen) atoms. The molecule has 0 radical (unpaired) electrons. The molecule has 166 valence electrons. The summed E-state index contributed by atoms with van der Waals surface area (Å²) in [5.41, 5.74) is 2.70. The summed E-state index contributed by atoms with van der Waals surface area (Å²) in [5.74, 6) is 2.34. The van der Waals surface area contributed by atoms with E-state index in [1.807, 2.05) is 42.5 Å². The van der Waals surface area contributed by atoms with Crippen molar-refractivity contribution >= 4 is 40.0 Å². The highest BCUT2D eigenvalue weighted by molar-refractivity contribution is 7.16. The maximum absolute atomic E-state index is 13.2. The molecule has 0 bridgehead atoms. The summed E-state index contributed by atoms with van der Waals surface area (Å²) < 4.78 is 6.06. The van der Waals surface area contributed by atoms with Crippen LogP contribution in [-0.2, 0) is 12.8 Å². The van der Waals surface area contributed by atoms with Gasteiger partial charge < -0.3 is 14.6 Å². The van der Waals surface area contributed by atoms with Crippen LogP contribution in [0.3, 0.4) is 0 Å². The minimum Gasteiger partial charge on any atom is -0.440 e. The van der Waals surface area contributed by atoms with E-state index in [1.165, 1.54) is 29.7 Å². The molecule has 1 aromatic carbocycles. The van der Waals surface area contributed by atoms with E-state index in [2.05, 4.69) is 17.1 Å². The number of nitrogens with zero attached hydrogens (tertiary/aromatic N) is 2. The van der Waals surface area contributed by atoms with Gasteiger partial charge in [0.05, 0.1) is 11.8 Å². The molecule has 1 saturated heterocycles. The minimum absolute atomic E-state index is 0.0784. The zero-order valence-electron chi connectivity index (χ0n) is 18.5. The lowest BCUT2D eigenvalue weighted by atomic mass is 9.95. The van der Waals surface area contributed by atoms with Crippen molar-refractivity contribution in [1.82, 2.24) is 0 Å². The topological polar surface area (TPSA) is 57.8 Å². The number of piperidine rings is 1. The van der Waals surface area contributed by atoms with Crippen LogP contribution in [0.15, 0.2) is 51.9 Å². The molecule has 6 heteroatoms. The van der Waals surface area contributed by atoms with Crippen LogP contribution in [0.1, 0.15) is 59.2 Å². The Labute approximate surface area is 193 Å². The third-order valence-electron chi connectivity index (χ3n) is 6.43. The maximum atomic E-state index is 13.2. The molecular weight excluding hydrogens is 418 g/mol. The lowest BCUT2D eigenvalue weighted by Gasteiger charge is -2.29. The quantitative estimate of drug-likeness (QED) is 0.457. The molecular formula is C26H29N3O2S. The Morgan fingerprint density at radius 3 is 2.72 bits per heavy atom. The molecule has 0 saturated carbocycles. The van der Waals surface area contributed by atoms with Crippen molar-refractivity contribution in [1.29, 1.82) is 0 Å². The predicted octanol–water partition coefficient (Wildman–Crippen LogP) is 6.46. The van der Waals surface area contributed by atoms with Crippen LogP contribution < -0.4 is 10.2 Å². The SMILES string of the molecule is CC1CCN(c2ccc(C=Nc3sc4c(c3C(=O)Nc3ccccc3)CCCC4)o2)CC1. The van der Waals surface area contributed by atoms with Crippen molar-refractivity contribution in [3.63, 3.8) is 0 Å². The first-order chi connectivity index (χ1) is 15.7. The number of carbonyl (C=O) groups is 1. The number of fused-ring (bicyclic) bond motifs is 1. The third-order valence-corrected chi connectivity index (χ3v) is 7.63. The van der Waals surface area contributed by atoms with Crippen molar-refractivity contribution in [3.05, 3.63) is 64.2 Å². The summed E-state index contributed by atoms with van der Waals surface area (Å²) in [6, 6.07) is 13.6. The van der Waals surface area contributed by atoms with Gasteiger partial charge in [-0.05, 0) is 68.2 Å². The number of amides is 1. The highest BCUT2D eigenvalue weighted by atomic mass is 32.1. The van der Waals surface area contributed by atoms with E-state index in [4.69, 9.17) is 9.41 Å². The Bertz CT molecular complexity index is 1110. The molecule has 1 aliphatic carbocycles. The van der Waals surface area contributed by atoms with Crippen LogP contribution in [-0.4, -0.2) is 25.2 Å². The van der Waals surface area contributed by atoms with Crippen LogP contribution in [0.5, 0.6) is 0 Å². The summed E-state index contributed by atoms with van der Waals surface area (Å²) in [6.45, 7) is 4.38. The number of nitrogens with one attached hydrogen (secondary N) is 1. The molecule has 3 heterocycles. The van der Waals surface area contributed by atoms with Crippen molar-refractivity contribution in [2.24, 2.45) is 10.9 Å². The van der Waals surface area contributed by atoms with Crippen molar-refractivity contribution < 1.29 is 9.21 Å². The lowest BCUT2D eigenvalue weighted by molar-refractivity contribution is 0.102. The number of hydrogen-bond acceptors (Lipinski definition) is 5. The molecule has 1 aliphatic heterocycles. The van der Waals surface area contributed by atoms with Gasteiger partial charge in [-0.3, -0.25) is 4.79 Å². The first kappa shape index (κ1) is 21.0. The molecule has 0 spiro atoms. The summed E-state index contributed by atoms with van der Waals surface area (Å²) >= 11 is 1.64. The lowest BCUT2D eigenvalue weighted by Crippen LogP contribution is -2.32. The number of furan rings is 1. The Morgan fingerprint density at radius 1 is 1.12 bits per heavy atom. The van der Waals surface area contributed by atoms with Crippen LogP contribution in [0.25, 0.3) is 0 Å². The van der Waals surface area contributed by atoms with Gasteiger partial charge in [-0.25, -0.2) is 4.99 Å². The van der Waals surface area contributed by atoms with E-state index < -0.39 is 0 Å². The molecule has 5 rings (SSSR count). The largest absolute Gasteiger partial charge is 0.440 e. The van der Waals surface area contributed by atoms with Crippen molar-refractivity contribution in [2.75, 3.05) is 23.3 Å². The fraction of sp³-hybridized carbons (Fsp3) is 0.385. The molecule has 2 aliphatic rings. The highest BCUT2D eigenvalue weighted by Crippen LogP contribution is 2.40. The van der Waals surface area contributed by atoms with Crippen molar-refractivity contribution in [3.8, 4) is 0 Å². The third kappa shape index (κ3) is 4.51. The number of hydrogen-bond donors (Lipinski definition) is 1. The molecule has 5 nitrogen and oxygen atoms in total. The second-order valence-corrected chi connectivity index (χ2v) is 9.90. The molecule has 1 amide bonds. The van der Waals surface area contributed by atoms with E-state index in [1.54, 1.807) is 17.6 Å². The number of aliphatic imine (C=N–C) groups is 1. The van der Waals surface area contributed by atoms with Crippen LogP contribution in [0, 0.1) is 5.92 Å². The fourth-order valence-electron chi connectivity index (χ4n) is 4.52. The van der Waals surface area contributed by atoms with E-state index >= 15 is 0 Å². The van der Waals surface area contributed by atoms with Crippen molar-refractivity contribution in [2.45, 2.75) is 45.4 Å². The smallest absolute Gasteiger partial charge is 0.259 e. The molecule has 0 unspecified atom stereocenters. The van der Waals surface area contributed by atoms with Crippen LogP contribution in [0.2, 0.25) is 0 Å². The van der Waals surface area contributed by atoms with E-state index in [9.17, 15) is 4.79 Å². The molecule has 0 atom stereocenters. The number of para-hydroxylation sites is 1. The van der Waals surface area contributed by atoms with Gasteiger partial charge in [0.25, 0.3) is 5.91 Å². The van der Waals surface area contributed by atoms with Crippen LogP contribution in [0.4, 0.5) is 16.6 Å². The first-order valence-corrected chi connectivity index (χ1v) is 12.4. The van der Waals surface area contributed by atoms with E-state index in [-0.39, 0.29) is 5.91 Å². The van der Waals surface area contributed by atoms with E-state index in [0.29, 0.717) is 0 Å². The highest BCUT2D eigenvalue weighted by Gasteiger charge is 2.25. The van der Waals surface area contributed by atoms with Gasteiger partial charge in [-0.2, -0.15) is 0 Å². The number of aryl methyl sites for hydroxylation is 1. The maximum Gasteiger partial charge on any atom is 0.259 e. The fourth-order valence-corrected chi connectivity index (χ4v) is 5.75. The molecule has 1 N–H and O–H groups in total. The summed E-state index contributed by atoms with van der Waals surface area (Å²) in [4.78, 5) is 21.5. The molecule has 1 fully saturated rings. The predicted molar refractivity (Wildman–Crippen MR) is 132 cm³/mol. The zero-order chi connectivity index (χ0) is 21.9. The van der Waals surface area contributed by atoms with Gasteiger partial charge in [0.1, 0.15) is 10.8 Å². The van der Waals surface area contributed by atoms with Gasteiger partial charge in [0, 0.05) is 29.7 Å². The normalized spacial score (nSPS) is 17.0. The Morgan fingerprint density at radius 2 is 1.91 bits per heavy atom. The van der Waals surface area contributed by atoms with Gasteiger partial charge in [-0.1, -0.05) is 25.1 Å². The Hall–Kier alpha value is -2.86. The number of rotatable bonds is 5. The Kier molecular flexibility index (Phi) is 6.12. The monoisotopic (exact) mass is 447 g/mol. The number of carbonyl (C=O) groups excluding carboxylic acids is 1. The average molecular weight is 448 g/mol. The summed E-state index contributed by atoms with van der Waals surface area (Å²) in [6.07, 6.45) is 8.42. The minimum atomic E-state index is -0.0784. The number of thiophene rings is 1. The Balaban J connectivity index is 1.38. The first-order valence-electron chi connectivity index (χ1n) is 11.6. The van der Waals surface area contributed by atoms with Gasteiger partial charge in [0.2, 0.25) is 0 Å². The molecule has 3 aromatic rings. The summed E-state index contributed by atoms with van der Waals surface area (Å²) in [7, 11) is 0. The van der Waals surface area contributed by atoms with Gasteiger partial charge >= 0.3 is 0 Å². The van der Waals surface area contributed by atoms with Crippen LogP contribution >= 0.6 is 11.3 Å². The zero-order valence-corrected chi connectivity index (χ0v) is 19.3. The van der Waals surface area contributed by atoms with Gasteiger partial charge in [0.15, 0.2) is 5.88 Å². The summed E-state index contributed by atoms with van der Waals surface area (Å²) in [5, 5.41) is 3.82. The second kappa shape index (κ2) is 9.33. The number of anilines is 2. The van der Waals surface area contributed by atoms with Gasteiger partial charge in [-0.15, -0.1) is 11.3 Å². The molecule has 2 aromatic heterocycles. The number of benzene rings is 1. The second-order valence-electron chi connectivity index (χ2n) is 8.81. The standard InChI is InChI=1S/C26H29N3O2S/c1-18-13-15-29(16-14-18)23-12-11-20(31-23)17-27-26-24(21-9-5-6-10-22(21)32-26)25(30)28-19-7-3-2-4-8-19/h2-4,7-8,11-12,17-18H,5-6,9-10,13-16H2,1H3,(H,28,30).